The summed E-state index contributed by atoms with van der Waals surface area (Å²) in [5.74, 6) is 0.282. The maximum absolute atomic E-state index is 12.8. The number of ether oxygens (including phenoxy) is 1. The van der Waals surface area contributed by atoms with Gasteiger partial charge in [0.25, 0.3) is 0 Å². The quantitative estimate of drug-likeness (QED) is 0.927. The first-order valence-electron chi connectivity index (χ1n) is 4.15. The smallest absolute Gasteiger partial charge is 0.139 e. The molecule has 0 radical (unpaired) electrons. The van der Waals surface area contributed by atoms with Crippen molar-refractivity contribution in [1.82, 2.24) is 0 Å². The summed E-state index contributed by atoms with van der Waals surface area (Å²) in [4.78, 5) is 0. The van der Waals surface area contributed by atoms with E-state index < -0.39 is 0 Å². The molecule has 0 amide bonds. The van der Waals surface area contributed by atoms with Crippen molar-refractivity contribution in [3.05, 3.63) is 40.6 Å². The second-order valence-electron chi connectivity index (χ2n) is 2.63. The van der Waals surface area contributed by atoms with E-state index >= 15 is 0 Å². The van der Waals surface area contributed by atoms with E-state index in [0.717, 1.165) is 4.47 Å². The summed E-state index contributed by atoms with van der Waals surface area (Å²) in [5.41, 5.74) is 5.14. The molecule has 0 atom stereocenters. The summed E-state index contributed by atoms with van der Waals surface area (Å²) in [7, 11) is 0. The summed E-state index contributed by atoms with van der Waals surface area (Å²) in [5, 5.41) is 0. The molecule has 1 aromatic rings. The number of rotatable bonds is 4. The molecule has 1 rings (SSSR count). The Morgan fingerprint density at radius 1 is 1.40 bits per heavy atom. The summed E-state index contributed by atoms with van der Waals surface area (Å²) in [6.07, 6.45) is 1.29. The Labute approximate surface area is 103 Å². The van der Waals surface area contributed by atoms with Gasteiger partial charge >= 0.3 is 0 Å². The van der Waals surface area contributed by atoms with Gasteiger partial charge in [-0.1, -0.05) is 15.9 Å². The van der Waals surface area contributed by atoms with E-state index in [0.29, 0.717) is 5.75 Å². The fourth-order valence-electron chi connectivity index (χ4n) is 0.870. The molecule has 0 saturated carbocycles. The Morgan fingerprint density at radius 2 is 2.00 bits per heavy atom. The molecule has 0 aromatic heterocycles. The molecule has 0 aliphatic rings. The lowest BCUT2D eigenvalue weighted by molar-refractivity contribution is 0.318. The average molecular weight is 297 g/mol. The number of hydrogen-bond acceptors (Lipinski definition) is 2. The molecule has 5 heteroatoms. The first-order valence-corrected chi connectivity index (χ1v) is 4.94. The molecule has 0 heterocycles. The lowest BCUT2D eigenvalue weighted by Crippen LogP contribution is -2.01. The molecule has 15 heavy (non-hydrogen) atoms. The van der Waals surface area contributed by atoms with Crippen LogP contribution < -0.4 is 10.5 Å². The van der Waals surface area contributed by atoms with Gasteiger partial charge in [-0.3, -0.25) is 0 Å². The maximum Gasteiger partial charge on any atom is 0.139 e. The van der Waals surface area contributed by atoms with Crippen molar-refractivity contribution in [1.29, 1.82) is 0 Å². The zero-order valence-electron chi connectivity index (χ0n) is 7.95. The third kappa shape index (κ3) is 5.77. The molecule has 1 aromatic carbocycles. The second-order valence-corrected chi connectivity index (χ2v) is 3.54. The van der Waals surface area contributed by atoms with Gasteiger partial charge in [0.1, 0.15) is 18.2 Å². The molecule has 0 fully saturated rings. The fourth-order valence-corrected chi connectivity index (χ4v) is 1.13. The van der Waals surface area contributed by atoms with Gasteiger partial charge in [0, 0.05) is 11.0 Å². The highest BCUT2D eigenvalue weighted by Crippen LogP contribution is 2.16. The summed E-state index contributed by atoms with van der Waals surface area (Å²) >= 11 is 3.29. The number of halogens is 3. The van der Waals surface area contributed by atoms with Crippen LogP contribution in [0.5, 0.6) is 5.75 Å². The van der Waals surface area contributed by atoms with Crippen LogP contribution in [0.4, 0.5) is 4.39 Å². The van der Waals surface area contributed by atoms with Crippen molar-refractivity contribution in [2.24, 2.45) is 5.73 Å². The Hall–Kier alpha value is -0.580. The van der Waals surface area contributed by atoms with E-state index in [1.807, 2.05) is 12.1 Å². The van der Waals surface area contributed by atoms with Gasteiger partial charge in [-0.25, -0.2) is 4.39 Å². The summed E-state index contributed by atoms with van der Waals surface area (Å²) in [6.45, 7) is 0.119. The van der Waals surface area contributed by atoms with Crippen molar-refractivity contribution in [2.75, 3.05) is 13.2 Å². The number of nitrogens with two attached hydrogens (primary N) is 1. The highest BCUT2D eigenvalue weighted by Gasteiger charge is 1.96. The Balaban J connectivity index is 0.00000196. The minimum Gasteiger partial charge on any atom is -0.487 e. The SMILES string of the molecule is Cl.NCC=C(F)COc1ccc(Br)cc1. The van der Waals surface area contributed by atoms with Gasteiger partial charge in [0.15, 0.2) is 0 Å². The van der Waals surface area contributed by atoms with Crippen LogP contribution in [0.2, 0.25) is 0 Å². The van der Waals surface area contributed by atoms with Crippen LogP contribution in [-0.4, -0.2) is 13.2 Å². The third-order valence-electron chi connectivity index (χ3n) is 1.53. The van der Waals surface area contributed by atoms with Crippen LogP contribution in [0.3, 0.4) is 0 Å². The van der Waals surface area contributed by atoms with Gasteiger partial charge in [0.2, 0.25) is 0 Å². The lowest BCUT2D eigenvalue weighted by Gasteiger charge is -2.03. The summed E-state index contributed by atoms with van der Waals surface area (Å²) in [6, 6.07) is 7.19. The normalized spacial score (nSPS) is 10.7. The van der Waals surface area contributed by atoms with Crippen molar-refractivity contribution < 1.29 is 9.13 Å². The van der Waals surface area contributed by atoms with E-state index in [2.05, 4.69) is 15.9 Å². The molecule has 2 N–H and O–H groups in total. The standard InChI is InChI=1S/C10H11BrFNO.ClH/c11-8-1-3-10(4-2-8)14-7-9(12)5-6-13;/h1-5H,6-7,13H2;1H. The predicted molar refractivity (Wildman–Crippen MR) is 65.1 cm³/mol. The van der Waals surface area contributed by atoms with E-state index in [4.69, 9.17) is 10.5 Å². The van der Waals surface area contributed by atoms with Crippen molar-refractivity contribution in [2.45, 2.75) is 0 Å². The van der Waals surface area contributed by atoms with Gasteiger partial charge in [-0.05, 0) is 30.3 Å². The minimum absolute atomic E-state index is 0. The Morgan fingerprint density at radius 3 is 2.53 bits per heavy atom. The van der Waals surface area contributed by atoms with E-state index in [1.54, 1.807) is 12.1 Å². The number of hydrogen-bond donors (Lipinski definition) is 1. The van der Waals surface area contributed by atoms with E-state index in [-0.39, 0.29) is 31.4 Å². The van der Waals surface area contributed by atoms with Crippen LogP contribution in [-0.2, 0) is 0 Å². The molecule has 0 spiro atoms. The molecule has 84 valence electrons. The Kier molecular flexibility index (Phi) is 7.38. The topological polar surface area (TPSA) is 35.2 Å². The van der Waals surface area contributed by atoms with E-state index in [1.165, 1.54) is 6.08 Å². The van der Waals surface area contributed by atoms with Crippen LogP contribution in [0.25, 0.3) is 0 Å². The molecular formula is C10H12BrClFNO. The van der Waals surface area contributed by atoms with Crippen LogP contribution in [0.1, 0.15) is 0 Å². The lowest BCUT2D eigenvalue weighted by atomic mass is 10.3. The van der Waals surface area contributed by atoms with Crippen molar-refractivity contribution >= 4 is 28.3 Å². The zero-order valence-corrected chi connectivity index (χ0v) is 10.4. The Bertz CT molecular complexity index is 316. The van der Waals surface area contributed by atoms with Crippen molar-refractivity contribution in [3.63, 3.8) is 0 Å². The molecular weight excluding hydrogens is 284 g/mol. The average Bonchev–Trinajstić information content (AvgIpc) is 2.17. The van der Waals surface area contributed by atoms with Gasteiger partial charge < -0.3 is 10.5 Å². The zero-order chi connectivity index (χ0) is 10.4. The minimum atomic E-state index is -0.351. The van der Waals surface area contributed by atoms with Gasteiger partial charge in [-0.2, -0.15) is 0 Å². The van der Waals surface area contributed by atoms with Gasteiger partial charge in [0.05, 0.1) is 0 Å². The predicted octanol–water partition coefficient (Wildman–Crippen LogP) is 3.06. The maximum atomic E-state index is 12.8. The molecule has 0 bridgehead atoms. The first-order chi connectivity index (χ1) is 6.72. The molecule has 0 aliphatic carbocycles. The molecule has 2 nitrogen and oxygen atoms in total. The first kappa shape index (κ1) is 14.4. The highest BCUT2D eigenvalue weighted by molar-refractivity contribution is 9.10. The highest BCUT2D eigenvalue weighted by atomic mass is 79.9. The van der Waals surface area contributed by atoms with E-state index in [9.17, 15) is 4.39 Å². The largest absolute Gasteiger partial charge is 0.487 e. The molecule has 0 aliphatic heterocycles. The second kappa shape index (κ2) is 7.68. The van der Waals surface area contributed by atoms with Crippen LogP contribution >= 0.6 is 28.3 Å². The third-order valence-corrected chi connectivity index (χ3v) is 2.06. The van der Waals surface area contributed by atoms with Crippen LogP contribution in [0, 0.1) is 0 Å². The number of benzene rings is 1. The monoisotopic (exact) mass is 295 g/mol. The van der Waals surface area contributed by atoms with Crippen molar-refractivity contribution in [3.8, 4) is 5.75 Å². The molecule has 0 saturated heterocycles. The summed E-state index contributed by atoms with van der Waals surface area (Å²) < 4.78 is 18.9. The molecule has 0 unspecified atom stereocenters. The van der Waals surface area contributed by atoms with Gasteiger partial charge in [-0.15, -0.1) is 12.4 Å². The van der Waals surface area contributed by atoms with Crippen LogP contribution in [0.15, 0.2) is 40.6 Å². The fraction of sp³-hybridized carbons (Fsp3) is 0.200.